The SMILES string of the molecule is NCC1CCN(CC(=O)NCc2ccccc2)C1. The van der Waals surface area contributed by atoms with Crippen LogP contribution in [-0.2, 0) is 11.3 Å². The van der Waals surface area contributed by atoms with Gasteiger partial charge in [-0.05, 0) is 31.0 Å². The number of hydrogen-bond acceptors (Lipinski definition) is 3. The quantitative estimate of drug-likeness (QED) is 0.800. The van der Waals surface area contributed by atoms with Crippen molar-refractivity contribution in [2.45, 2.75) is 13.0 Å². The molecule has 1 aromatic carbocycles. The molecule has 2 rings (SSSR count). The molecule has 0 bridgehead atoms. The lowest BCUT2D eigenvalue weighted by Crippen LogP contribution is -2.36. The van der Waals surface area contributed by atoms with Crippen molar-refractivity contribution in [2.75, 3.05) is 26.2 Å². The lowest BCUT2D eigenvalue weighted by Gasteiger charge is -2.15. The van der Waals surface area contributed by atoms with E-state index in [1.54, 1.807) is 0 Å². The number of hydrogen-bond donors (Lipinski definition) is 2. The summed E-state index contributed by atoms with van der Waals surface area (Å²) in [6.45, 7) is 3.76. The standard InChI is InChI=1S/C14H21N3O/c15-8-13-6-7-17(10-13)11-14(18)16-9-12-4-2-1-3-5-12/h1-5,13H,6-11,15H2,(H,16,18). The normalized spacial score (nSPS) is 19.9. The zero-order valence-corrected chi connectivity index (χ0v) is 10.6. The largest absolute Gasteiger partial charge is 0.351 e. The van der Waals surface area contributed by atoms with Crippen molar-refractivity contribution in [3.63, 3.8) is 0 Å². The molecular weight excluding hydrogens is 226 g/mol. The van der Waals surface area contributed by atoms with Gasteiger partial charge in [0.15, 0.2) is 0 Å². The minimum absolute atomic E-state index is 0.0940. The first-order valence-corrected chi connectivity index (χ1v) is 6.51. The van der Waals surface area contributed by atoms with E-state index in [1.165, 1.54) is 0 Å². The summed E-state index contributed by atoms with van der Waals surface area (Å²) < 4.78 is 0. The predicted molar refractivity (Wildman–Crippen MR) is 71.9 cm³/mol. The van der Waals surface area contributed by atoms with Gasteiger partial charge in [-0.3, -0.25) is 9.69 Å². The molecule has 1 amide bonds. The van der Waals surface area contributed by atoms with Crippen LogP contribution in [0.5, 0.6) is 0 Å². The number of benzene rings is 1. The first kappa shape index (κ1) is 13.1. The van der Waals surface area contributed by atoms with Gasteiger partial charge in [0.25, 0.3) is 0 Å². The summed E-state index contributed by atoms with van der Waals surface area (Å²) in [5, 5.41) is 2.95. The van der Waals surface area contributed by atoms with Gasteiger partial charge in [0.1, 0.15) is 0 Å². The van der Waals surface area contributed by atoms with E-state index in [1.807, 2.05) is 30.3 Å². The van der Waals surface area contributed by atoms with Crippen molar-refractivity contribution in [1.82, 2.24) is 10.2 Å². The average molecular weight is 247 g/mol. The van der Waals surface area contributed by atoms with Crippen molar-refractivity contribution >= 4 is 5.91 Å². The van der Waals surface area contributed by atoms with Crippen LogP contribution in [0, 0.1) is 5.92 Å². The second kappa shape index (κ2) is 6.52. The predicted octanol–water partition coefficient (Wildman–Crippen LogP) is 0.583. The number of carbonyl (C=O) groups is 1. The number of rotatable bonds is 5. The maximum Gasteiger partial charge on any atom is 0.234 e. The maximum atomic E-state index is 11.8. The number of nitrogens with two attached hydrogens (primary N) is 1. The van der Waals surface area contributed by atoms with Crippen LogP contribution < -0.4 is 11.1 Å². The van der Waals surface area contributed by atoms with E-state index < -0.39 is 0 Å². The molecule has 1 aliphatic heterocycles. The van der Waals surface area contributed by atoms with Crippen LogP contribution in [0.25, 0.3) is 0 Å². The summed E-state index contributed by atoms with van der Waals surface area (Å²) in [7, 11) is 0. The lowest BCUT2D eigenvalue weighted by atomic mass is 10.1. The molecule has 1 saturated heterocycles. The fraction of sp³-hybridized carbons (Fsp3) is 0.500. The Hall–Kier alpha value is -1.39. The van der Waals surface area contributed by atoms with E-state index in [0.717, 1.165) is 31.6 Å². The second-order valence-corrected chi connectivity index (χ2v) is 4.89. The molecule has 1 heterocycles. The molecule has 0 radical (unpaired) electrons. The molecule has 3 N–H and O–H groups in total. The maximum absolute atomic E-state index is 11.8. The molecule has 0 aromatic heterocycles. The Morgan fingerprint density at radius 3 is 2.83 bits per heavy atom. The highest BCUT2D eigenvalue weighted by molar-refractivity contribution is 5.78. The summed E-state index contributed by atoms with van der Waals surface area (Å²) in [5.74, 6) is 0.656. The monoisotopic (exact) mass is 247 g/mol. The fourth-order valence-corrected chi connectivity index (χ4v) is 2.30. The summed E-state index contributed by atoms with van der Waals surface area (Å²) in [6.07, 6.45) is 1.11. The Bertz CT molecular complexity index is 380. The topological polar surface area (TPSA) is 58.4 Å². The van der Waals surface area contributed by atoms with E-state index in [9.17, 15) is 4.79 Å². The Morgan fingerprint density at radius 2 is 2.17 bits per heavy atom. The third-order valence-electron chi connectivity index (χ3n) is 3.40. The van der Waals surface area contributed by atoms with Gasteiger partial charge in [-0.2, -0.15) is 0 Å². The third kappa shape index (κ3) is 3.82. The van der Waals surface area contributed by atoms with Gasteiger partial charge >= 0.3 is 0 Å². The first-order valence-electron chi connectivity index (χ1n) is 6.51. The highest BCUT2D eigenvalue weighted by Gasteiger charge is 2.22. The highest BCUT2D eigenvalue weighted by atomic mass is 16.2. The Kier molecular flexibility index (Phi) is 4.73. The van der Waals surface area contributed by atoms with Crippen molar-refractivity contribution in [3.8, 4) is 0 Å². The van der Waals surface area contributed by atoms with Crippen molar-refractivity contribution in [2.24, 2.45) is 11.7 Å². The van der Waals surface area contributed by atoms with Gasteiger partial charge in [0.2, 0.25) is 5.91 Å². The van der Waals surface area contributed by atoms with Gasteiger partial charge < -0.3 is 11.1 Å². The van der Waals surface area contributed by atoms with Gasteiger partial charge in [0, 0.05) is 13.1 Å². The van der Waals surface area contributed by atoms with Gasteiger partial charge in [-0.1, -0.05) is 30.3 Å². The third-order valence-corrected chi connectivity index (χ3v) is 3.40. The van der Waals surface area contributed by atoms with E-state index in [-0.39, 0.29) is 5.91 Å². The molecule has 1 aromatic rings. The summed E-state index contributed by atoms with van der Waals surface area (Å²) in [4.78, 5) is 14.0. The van der Waals surface area contributed by atoms with Crippen molar-refractivity contribution < 1.29 is 4.79 Å². The number of nitrogens with one attached hydrogen (secondary N) is 1. The number of likely N-dealkylation sites (tertiary alicyclic amines) is 1. The Morgan fingerprint density at radius 1 is 1.39 bits per heavy atom. The van der Waals surface area contributed by atoms with Crippen LogP contribution in [0.15, 0.2) is 30.3 Å². The van der Waals surface area contributed by atoms with Crippen LogP contribution >= 0.6 is 0 Å². The molecule has 1 aliphatic rings. The Balaban J connectivity index is 1.70. The van der Waals surface area contributed by atoms with Gasteiger partial charge in [-0.25, -0.2) is 0 Å². The van der Waals surface area contributed by atoms with E-state index in [2.05, 4.69) is 10.2 Å². The number of nitrogens with zero attached hydrogens (tertiary/aromatic N) is 1. The zero-order valence-electron chi connectivity index (χ0n) is 10.6. The van der Waals surface area contributed by atoms with Gasteiger partial charge in [0.05, 0.1) is 6.54 Å². The Labute approximate surface area is 108 Å². The summed E-state index contributed by atoms with van der Waals surface area (Å²) >= 11 is 0. The van der Waals surface area contributed by atoms with Crippen molar-refractivity contribution in [3.05, 3.63) is 35.9 Å². The van der Waals surface area contributed by atoms with E-state index >= 15 is 0 Å². The summed E-state index contributed by atoms with van der Waals surface area (Å²) in [6, 6.07) is 9.96. The molecule has 18 heavy (non-hydrogen) atoms. The molecule has 0 spiro atoms. The van der Waals surface area contributed by atoms with Crippen LogP contribution in [0.4, 0.5) is 0 Å². The molecule has 0 aliphatic carbocycles. The molecule has 1 unspecified atom stereocenters. The number of amides is 1. The smallest absolute Gasteiger partial charge is 0.234 e. The second-order valence-electron chi connectivity index (χ2n) is 4.89. The highest BCUT2D eigenvalue weighted by Crippen LogP contribution is 2.13. The number of carbonyl (C=O) groups excluding carboxylic acids is 1. The molecule has 4 heteroatoms. The lowest BCUT2D eigenvalue weighted by molar-refractivity contribution is -0.122. The van der Waals surface area contributed by atoms with Crippen LogP contribution in [-0.4, -0.2) is 37.0 Å². The molecule has 1 atom stereocenters. The molecule has 0 saturated carbocycles. The first-order chi connectivity index (χ1) is 8.78. The molecular formula is C14H21N3O. The molecule has 4 nitrogen and oxygen atoms in total. The van der Waals surface area contributed by atoms with Crippen LogP contribution in [0.1, 0.15) is 12.0 Å². The fourth-order valence-electron chi connectivity index (χ4n) is 2.30. The van der Waals surface area contributed by atoms with Crippen molar-refractivity contribution in [1.29, 1.82) is 0 Å². The summed E-state index contributed by atoms with van der Waals surface area (Å²) in [5.41, 5.74) is 6.77. The average Bonchev–Trinajstić information content (AvgIpc) is 2.85. The zero-order chi connectivity index (χ0) is 12.8. The van der Waals surface area contributed by atoms with E-state index in [4.69, 9.17) is 5.73 Å². The minimum atomic E-state index is 0.0940. The minimum Gasteiger partial charge on any atom is -0.351 e. The van der Waals surface area contributed by atoms with Crippen LogP contribution in [0.2, 0.25) is 0 Å². The molecule has 98 valence electrons. The molecule has 1 fully saturated rings. The van der Waals surface area contributed by atoms with Gasteiger partial charge in [-0.15, -0.1) is 0 Å². The van der Waals surface area contributed by atoms with E-state index in [0.29, 0.717) is 19.0 Å². The van der Waals surface area contributed by atoms with Crippen LogP contribution in [0.3, 0.4) is 0 Å².